The highest BCUT2D eigenvalue weighted by Crippen LogP contribution is 2.33. The van der Waals surface area contributed by atoms with Crippen LogP contribution in [0.3, 0.4) is 0 Å². The van der Waals surface area contributed by atoms with E-state index in [-0.39, 0.29) is 18.2 Å². The van der Waals surface area contributed by atoms with Gasteiger partial charge in [0.15, 0.2) is 0 Å². The van der Waals surface area contributed by atoms with Gasteiger partial charge in [0.25, 0.3) is 0 Å². The van der Waals surface area contributed by atoms with Crippen molar-refractivity contribution >= 4 is 12.0 Å². The SMILES string of the molecule is CCC1(C(=O)O)CCCN1C(=O)NC1CCCC1OC. The maximum atomic E-state index is 12.4. The van der Waals surface area contributed by atoms with Crippen LogP contribution in [0.15, 0.2) is 0 Å². The number of aliphatic carboxylic acids is 1. The fourth-order valence-electron chi connectivity index (χ4n) is 3.53. The van der Waals surface area contributed by atoms with E-state index in [0.717, 1.165) is 25.7 Å². The van der Waals surface area contributed by atoms with Gasteiger partial charge in [-0.2, -0.15) is 0 Å². The lowest BCUT2D eigenvalue weighted by Gasteiger charge is -2.35. The van der Waals surface area contributed by atoms with E-state index in [2.05, 4.69) is 5.32 Å². The van der Waals surface area contributed by atoms with Gasteiger partial charge in [0.1, 0.15) is 5.54 Å². The Morgan fingerprint density at radius 3 is 2.75 bits per heavy atom. The van der Waals surface area contributed by atoms with Crippen LogP contribution in [-0.2, 0) is 9.53 Å². The maximum Gasteiger partial charge on any atom is 0.329 e. The molecule has 0 spiro atoms. The number of hydrogen-bond acceptors (Lipinski definition) is 3. The van der Waals surface area contributed by atoms with Crippen molar-refractivity contribution in [3.63, 3.8) is 0 Å². The van der Waals surface area contributed by atoms with E-state index >= 15 is 0 Å². The average molecular weight is 284 g/mol. The molecule has 2 N–H and O–H groups in total. The van der Waals surface area contributed by atoms with Gasteiger partial charge in [-0.3, -0.25) is 0 Å². The third kappa shape index (κ3) is 2.49. The van der Waals surface area contributed by atoms with E-state index in [0.29, 0.717) is 19.4 Å². The third-order valence-corrected chi connectivity index (χ3v) is 4.78. The number of hydrogen-bond donors (Lipinski definition) is 2. The summed E-state index contributed by atoms with van der Waals surface area (Å²) in [7, 11) is 1.65. The molecule has 6 heteroatoms. The highest BCUT2D eigenvalue weighted by molar-refractivity contribution is 5.87. The number of nitrogens with zero attached hydrogens (tertiary/aromatic N) is 1. The first-order valence-corrected chi connectivity index (χ1v) is 7.39. The van der Waals surface area contributed by atoms with Crippen LogP contribution < -0.4 is 5.32 Å². The van der Waals surface area contributed by atoms with Crippen molar-refractivity contribution in [2.45, 2.75) is 63.1 Å². The summed E-state index contributed by atoms with van der Waals surface area (Å²) in [6.45, 7) is 2.34. The predicted octanol–water partition coefficient (Wildman–Crippen LogP) is 1.59. The molecule has 0 radical (unpaired) electrons. The molecule has 0 aromatic carbocycles. The molecule has 1 aliphatic heterocycles. The largest absolute Gasteiger partial charge is 0.479 e. The molecule has 0 bridgehead atoms. The second-order valence-corrected chi connectivity index (χ2v) is 5.71. The summed E-state index contributed by atoms with van der Waals surface area (Å²) in [5, 5.41) is 12.5. The smallest absolute Gasteiger partial charge is 0.329 e. The molecule has 20 heavy (non-hydrogen) atoms. The number of likely N-dealkylation sites (tertiary alicyclic amines) is 1. The molecule has 0 aromatic rings. The molecule has 1 heterocycles. The standard InChI is InChI=1S/C14H24N2O4/c1-3-14(12(17)18)8-5-9-16(14)13(19)15-10-6-4-7-11(10)20-2/h10-11H,3-9H2,1-2H3,(H,15,19)(H,17,18). The first-order chi connectivity index (χ1) is 9.55. The molecule has 1 saturated carbocycles. The molecule has 2 amide bonds. The quantitative estimate of drug-likeness (QED) is 0.821. The van der Waals surface area contributed by atoms with Crippen molar-refractivity contribution in [2.75, 3.05) is 13.7 Å². The number of ether oxygens (including phenoxy) is 1. The van der Waals surface area contributed by atoms with Crippen LogP contribution >= 0.6 is 0 Å². The van der Waals surface area contributed by atoms with E-state index in [1.807, 2.05) is 6.92 Å². The number of nitrogens with one attached hydrogen (secondary N) is 1. The first-order valence-electron chi connectivity index (χ1n) is 7.39. The molecule has 1 saturated heterocycles. The van der Waals surface area contributed by atoms with Crippen LogP contribution in [-0.4, -0.2) is 53.3 Å². The molecule has 2 fully saturated rings. The lowest BCUT2D eigenvalue weighted by molar-refractivity contribution is -0.148. The van der Waals surface area contributed by atoms with Gasteiger partial charge in [-0.15, -0.1) is 0 Å². The predicted molar refractivity (Wildman–Crippen MR) is 73.6 cm³/mol. The summed E-state index contributed by atoms with van der Waals surface area (Å²) in [5.74, 6) is -0.901. The molecular weight excluding hydrogens is 260 g/mol. The minimum atomic E-state index is -1.04. The van der Waals surface area contributed by atoms with Gasteiger partial charge in [-0.05, 0) is 38.5 Å². The Morgan fingerprint density at radius 1 is 1.40 bits per heavy atom. The number of rotatable bonds is 4. The lowest BCUT2D eigenvalue weighted by atomic mass is 9.93. The van der Waals surface area contributed by atoms with Gasteiger partial charge in [0.05, 0.1) is 12.1 Å². The maximum absolute atomic E-state index is 12.4. The van der Waals surface area contributed by atoms with Crippen molar-refractivity contribution in [1.82, 2.24) is 10.2 Å². The van der Waals surface area contributed by atoms with Crippen LogP contribution in [0, 0.1) is 0 Å². The Morgan fingerprint density at radius 2 is 2.15 bits per heavy atom. The van der Waals surface area contributed by atoms with Gasteiger partial charge >= 0.3 is 12.0 Å². The van der Waals surface area contributed by atoms with Crippen molar-refractivity contribution in [2.24, 2.45) is 0 Å². The zero-order valence-electron chi connectivity index (χ0n) is 12.2. The van der Waals surface area contributed by atoms with Gasteiger partial charge in [0, 0.05) is 13.7 Å². The first kappa shape index (κ1) is 15.1. The average Bonchev–Trinajstić information content (AvgIpc) is 3.04. The number of carboxylic acid groups (broad SMARTS) is 1. The van der Waals surface area contributed by atoms with E-state index in [4.69, 9.17) is 4.74 Å². The number of amides is 2. The molecule has 3 atom stereocenters. The van der Waals surface area contributed by atoms with Crippen LogP contribution in [0.4, 0.5) is 4.79 Å². The molecule has 6 nitrogen and oxygen atoms in total. The molecule has 1 aliphatic carbocycles. The Hall–Kier alpha value is -1.30. The van der Waals surface area contributed by atoms with Crippen LogP contribution in [0.1, 0.15) is 45.4 Å². The highest BCUT2D eigenvalue weighted by atomic mass is 16.5. The fourth-order valence-corrected chi connectivity index (χ4v) is 3.53. The Bertz CT molecular complexity index is 387. The van der Waals surface area contributed by atoms with Gasteiger partial charge in [-0.25, -0.2) is 9.59 Å². The summed E-state index contributed by atoms with van der Waals surface area (Å²) >= 11 is 0. The number of carbonyl (C=O) groups excluding carboxylic acids is 1. The fraction of sp³-hybridized carbons (Fsp3) is 0.857. The summed E-state index contributed by atoms with van der Waals surface area (Å²) < 4.78 is 5.36. The molecule has 2 rings (SSSR count). The van der Waals surface area contributed by atoms with E-state index in [1.54, 1.807) is 7.11 Å². The topological polar surface area (TPSA) is 78.9 Å². The molecule has 2 aliphatic rings. The second kappa shape index (κ2) is 5.99. The normalized spacial score (nSPS) is 33.4. The second-order valence-electron chi connectivity index (χ2n) is 5.71. The van der Waals surface area contributed by atoms with Crippen molar-refractivity contribution in [3.8, 4) is 0 Å². The van der Waals surface area contributed by atoms with Gasteiger partial charge in [-0.1, -0.05) is 6.92 Å². The van der Waals surface area contributed by atoms with E-state index in [9.17, 15) is 14.7 Å². The Labute approximate surface area is 119 Å². The third-order valence-electron chi connectivity index (χ3n) is 4.78. The van der Waals surface area contributed by atoms with Crippen molar-refractivity contribution in [3.05, 3.63) is 0 Å². The lowest BCUT2D eigenvalue weighted by Crippen LogP contribution is -2.57. The monoisotopic (exact) mass is 284 g/mol. The van der Waals surface area contributed by atoms with Gasteiger partial charge < -0.3 is 20.1 Å². The van der Waals surface area contributed by atoms with Crippen LogP contribution in [0.2, 0.25) is 0 Å². The van der Waals surface area contributed by atoms with Crippen molar-refractivity contribution < 1.29 is 19.4 Å². The number of urea groups is 1. The zero-order chi connectivity index (χ0) is 14.8. The summed E-state index contributed by atoms with van der Waals surface area (Å²) in [5.41, 5.74) is -1.04. The number of carbonyl (C=O) groups is 2. The minimum absolute atomic E-state index is 0.00329. The number of carboxylic acids is 1. The minimum Gasteiger partial charge on any atom is -0.479 e. The summed E-state index contributed by atoms with van der Waals surface area (Å²) in [4.78, 5) is 25.5. The zero-order valence-corrected chi connectivity index (χ0v) is 12.2. The molecular formula is C14H24N2O4. The molecule has 3 unspecified atom stereocenters. The summed E-state index contributed by atoms with van der Waals surface area (Å²) in [6.07, 6.45) is 4.62. The number of methoxy groups -OCH3 is 1. The Balaban J connectivity index is 2.06. The van der Waals surface area contributed by atoms with Crippen LogP contribution in [0.25, 0.3) is 0 Å². The van der Waals surface area contributed by atoms with E-state index in [1.165, 1.54) is 4.90 Å². The Kier molecular flexibility index (Phi) is 4.52. The molecule has 0 aromatic heterocycles. The highest BCUT2D eigenvalue weighted by Gasteiger charge is 2.49. The summed E-state index contributed by atoms with van der Waals surface area (Å²) in [6, 6.07) is -0.267. The van der Waals surface area contributed by atoms with Gasteiger partial charge in [0.2, 0.25) is 0 Å². The van der Waals surface area contributed by atoms with E-state index < -0.39 is 11.5 Å². The molecule has 114 valence electrons. The van der Waals surface area contributed by atoms with Crippen molar-refractivity contribution in [1.29, 1.82) is 0 Å². The van der Waals surface area contributed by atoms with Crippen LogP contribution in [0.5, 0.6) is 0 Å².